The van der Waals surface area contributed by atoms with Gasteiger partial charge in [0.15, 0.2) is 5.13 Å². The number of para-hydroxylation sites is 1. The van der Waals surface area contributed by atoms with Crippen LogP contribution in [0.3, 0.4) is 0 Å². The Morgan fingerprint density at radius 3 is 2.24 bits per heavy atom. The molecule has 0 aliphatic carbocycles. The molecule has 6 nitrogen and oxygen atoms in total. The van der Waals surface area contributed by atoms with E-state index in [4.69, 9.17) is 4.74 Å². The number of hydrogen-bond donors (Lipinski definition) is 2. The molecule has 2 amide bonds. The Morgan fingerprint density at radius 2 is 1.52 bits per heavy atom. The van der Waals surface area contributed by atoms with Gasteiger partial charge in [-0.2, -0.15) is 0 Å². The second-order valence-electron chi connectivity index (χ2n) is 7.04. The fourth-order valence-corrected chi connectivity index (χ4v) is 3.64. The minimum absolute atomic E-state index is 0.106. The standard InChI is InChI=1S/C26H21N3O3S/c30-24(16-11-19-7-3-1-4-8-19)29-26-28-21(18-33-26)17-25(31)27-20-12-14-23(15-13-20)32-22-9-5-2-6-10-22/h1-16,18H,17H2,(H,27,31)(H,28,29,30)/b16-11+. The number of amides is 2. The van der Waals surface area contributed by atoms with Crippen molar-refractivity contribution in [3.8, 4) is 11.5 Å². The summed E-state index contributed by atoms with van der Waals surface area (Å²) in [5.74, 6) is 0.956. The second-order valence-corrected chi connectivity index (χ2v) is 7.90. The average molecular weight is 456 g/mol. The van der Waals surface area contributed by atoms with Gasteiger partial charge in [-0.3, -0.25) is 14.9 Å². The maximum atomic E-state index is 12.4. The highest BCUT2D eigenvalue weighted by Gasteiger charge is 2.10. The van der Waals surface area contributed by atoms with E-state index in [0.29, 0.717) is 22.3 Å². The summed E-state index contributed by atoms with van der Waals surface area (Å²) in [5.41, 5.74) is 2.18. The lowest BCUT2D eigenvalue weighted by atomic mass is 10.2. The molecule has 0 saturated carbocycles. The molecule has 3 aromatic carbocycles. The maximum Gasteiger partial charge on any atom is 0.250 e. The number of hydrogen-bond acceptors (Lipinski definition) is 5. The number of carbonyl (C=O) groups is 2. The van der Waals surface area contributed by atoms with E-state index in [2.05, 4.69) is 15.6 Å². The number of nitrogens with zero attached hydrogens (tertiary/aromatic N) is 1. The van der Waals surface area contributed by atoms with E-state index >= 15 is 0 Å². The zero-order chi connectivity index (χ0) is 22.9. The Hall–Kier alpha value is -4.23. The van der Waals surface area contributed by atoms with Gasteiger partial charge in [-0.1, -0.05) is 48.5 Å². The molecule has 1 aromatic heterocycles. The first-order chi connectivity index (χ1) is 16.1. The Kier molecular flexibility index (Phi) is 7.25. The topological polar surface area (TPSA) is 80.3 Å². The highest BCUT2D eigenvalue weighted by molar-refractivity contribution is 7.14. The summed E-state index contributed by atoms with van der Waals surface area (Å²) in [7, 11) is 0. The van der Waals surface area contributed by atoms with Gasteiger partial charge in [-0.05, 0) is 48.0 Å². The summed E-state index contributed by atoms with van der Waals surface area (Å²) >= 11 is 1.28. The minimum atomic E-state index is -0.276. The van der Waals surface area contributed by atoms with Crippen molar-refractivity contribution < 1.29 is 14.3 Å². The molecule has 1 heterocycles. The number of aromatic nitrogens is 1. The molecule has 4 rings (SSSR count). The van der Waals surface area contributed by atoms with Crippen molar-refractivity contribution in [1.82, 2.24) is 4.98 Å². The van der Waals surface area contributed by atoms with Gasteiger partial charge in [0.05, 0.1) is 12.1 Å². The molecule has 0 aliphatic rings. The molecule has 0 radical (unpaired) electrons. The van der Waals surface area contributed by atoms with Gasteiger partial charge in [0.2, 0.25) is 11.8 Å². The SMILES string of the molecule is O=C(/C=C/c1ccccc1)Nc1nc(CC(=O)Nc2ccc(Oc3ccccc3)cc2)cs1. The van der Waals surface area contributed by atoms with Crippen LogP contribution in [0.1, 0.15) is 11.3 Å². The van der Waals surface area contributed by atoms with Crippen molar-refractivity contribution in [1.29, 1.82) is 0 Å². The number of ether oxygens (including phenoxy) is 1. The van der Waals surface area contributed by atoms with Crippen LogP contribution in [0.25, 0.3) is 6.08 Å². The Balaban J connectivity index is 1.26. The molecule has 0 bridgehead atoms. The zero-order valence-electron chi connectivity index (χ0n) is 17.6. The van der Waals surface area contributed by atoms with Crippen molar-refractivity contribution in [2.75, 3.05) is 10.6 Å². The van der Waals surface area contributed by atoms with E-state index in [1.807, 2.05) is 60.7 Å². The van der Waals surface area contributed by atoms with Crippen LogP contribution < -0.4 is 15.4 Å². The first kappa shape index (κ1) is 22.0. The minimum Gasteiger partial charge on any atom is -0.457 e. The molecular weight excluding hydrogens is 434 g/mol. The number of carbonyl (C=O) groups excluding carboxylic acids is 2. The van der Waals surface area contributed by atoms with Crippen LogP contribution in [0.2, 0.25) is 0 Å². The molecule has 0 unspecified atom stereocenters. The molecule has 33 heavy (non-hydrogen) atoms. The van der Waals surface area contributed by atoms with Crippen LogP contribution in [0, 0.1) is 0 Å². The first-order valence-electron chi connectivity index (χ1n) is 10.3. The lowest BCUT2D eigenvalue weighted by molar-refractivity contribution is -0.115. The van der Waals surface area contributed by atoms with Gasteiger partial charge in [0.1, 0.15) is 11.5 Å². The highest BCUT2D eigenvalue weighted by Crippen LogP contribution is 2.23. The van der Waals surface area contributed by atoms with Crippen LogP contribution >= 0.6 is 11.3 Å². The molecule has 0 atom stereocenters. The van der Waals surface area contributed by atoms with Crippen LogP contribution in [0.4, 0.5) is 10.8 Å². The quantitative estimate of drug-likeness (QED) is 0.331. The summed E-state index contributed by atoms with van der Waals surface area (Å²) < 4.78 is 5.75. The fraction of sp³-hybridized carbons (Fsp3) is 0.0385. The maximum absolute atomic E-state index is 12.4. The third-order valence-corrected chi connectivity index (χ3v) is 5.27. The van der Waals surface area contributed by atoms with Gasteiger partial charge < -0.3 is 10.1 Å². The van der Waals surface area contributed by atoms with E-state index in [9.17, 15) is 9.59 Å². The molecule has 0 spiro atoms. The third kappa shape index (κ3) is 6.88. The summed E-state index contributed by atoms with van der Waals surface area (Å²) in [5, 5.41) is 7.76. The van der Waals surface area contributed by atoms with Gasteiger partial charge in [0.25, 0.3) is 0 Å². The predicted octanol–water partition coefficient (Wildman–Crippen LogP) is 5.77. The third-order valence-electron chi connectivity index (χ3n) is 4.47. The summed E-state index contributed by atoms with van der Waals surface area (Å²) in [6.07, 6.45) is 3.29. The largest absolute Gasteiger partial charge is 0.457 e. The monoisotopic (exact) mass is 455 g/mol. The van der Waals surface area contributed by atoms with Gasteiger partial charge >= 0.3 is 0 Å². The zero-order valence-corrected chi connectivity index (χ0v) is 18.4. The van der Waals surface area contributed by atoms with Gasteiger partial charge in [-0.25, -0.2) is 4.98 Å². The molecule has 0 aliphatic heterocycles. The number of rotatable bonds is 8. The number of benzene rings is 3. The van der Waals surface area contributed by atoms with E-state index in [0.717, 1.165) is 11.3 Å². The molecule has 164 valence electrons. The summed E-state index contributed by atoms with van der Waals surface area (Å²) in [6, 6.07) is 26.2. The van der Waals surface area contributed by atoms with E-state index in [-0.39, 0.29) is 18.2 Å². The van der Waals surface area contributed by atoms with Crippen molar-refractivity contribution in [3.05, 3.63) is 108 Å². The van der Waals surface area contributed by atoms with Gasteiger partial charge in [-0.15, -0.1) is 11.3 Å². The highest BCUT2D eigenvalue weighted by atomic mass is 32.1. The average Bonchev–Trinajstić information content (AvgIpc) is 3.26. The normalized spacial score (nSPS) is 10.7. The summed E-state index contributed by atoms with van der Waals surface area (Å²) in [6.45, 7) is 0. The predicted molar refractivity (Wildman–Crippen MR) is 132 cm³/mol. The van der Waals surface area contributed by atoms with E-state index in [1.54, 1.807) is 35.7 Å². The smallest absolute Gasteiger partial charge is 0.250 e. The van der Waals surface area contributed by atoms with E-state index < -0.39 is 0 Å². The Labute approximate surface area is 195 Å². The molecule has 4 aromatic rings. The molecule has 2 N–H and O–H groups in total. The van der Waals surface area contributed by atoms with Crippen molar-refractivity contribution in [2.24, 2.45) is 0 Å². The van der Waals surface area contributed by atoms with E-state index in [1.165, 1.54) is 17.4 Å². The Bertz CT molecular complexity index is 1240. The van der Waals surface area contributed by atoms with Crippen molar-refractivity contribution in [2.45, 2.75) is 6.42 Å². The summed E-state index contributed by atoms with van der Waals surface area (Å²) in [4.78, 5) is 28.8. The molecular formula is C26H21N3O3S. The van der Waals surface area contributed by atoms with Crippen LogP contribution in [-0.4, -0.2) is 16.8 Å². The lowest BCUT2D eigenvalue weighted by Crippen LogP contribution is -2.14. The molecule has 0 saturated heterocycles. The number of anilines is 2. The Morgan fingerprint density at radius 1 is 0.848 bits per heavy atom. The second kappa shape index (κ2) is 10.9. The molecule has 7 heteroatoms. The number of thiazole rings is 1. The van der Waals surface area contributed by atoms with Crippen LogP contribution in [-0.2, 0) is 16.0 Å². The van der Waals surface area contributed by atoms with Crippen molar-refractivity contribution in [3.63, 3.8) is 0 Å². The van der Waals surface area contributed by atoms with Crippen LogP contribution in [0.5, 0.6) is 11.5 Å². The molecule has 0 fully saturated rings. The van der Waals surface area contributed by atoms with Crippen LogP contribution in [0.15, 0.2) is 96.4 Å². The first-order valence-corrected chi connectivity index (χ1v) is 11.1. The number of nitrogens with one attached hydrogen (secondary N) is 2. The fourth-order valence-electron chi connectivity index (χ4n) is 2.93. The lowest BCUT2D eigenvalue weighted by Gasteiger charge is -2.07. The van der Waals surface area contributed by atoms with Crippen molar-refractivity contribution >= 4 is 40.0 Å². The van der Waals surface area contributed by atoms with Gasteiger partial charge in [0, 0.05) is 17.1 Å².